The molecule has 2 fully saturated rings. The minimum absolute atomic E-state index is 0.110. The predicted octanol–water partition coefficient (Wildman–Crippen LogP) is 0.456. The highest BCUT2D eigenvalue weighted by molar-refractivity contribution is 5.92. The standard InChI is InChI=1S/C12H15N3O3/c16-11(10-8-13-3-4-14-10)15-5-1-2-12(9-15)17-6-7-18-12/h3-4,8H,1-2,5-7,9H2. The SMILES string of the molecule is O=C(c1cnccn1)N1CCCC2(C1)OCCO2. The lowest BCUT2D eigenvalue weighted by atomic mass is 10.0. The Labute approximate surface area is 105 Å². The molecule has 18 heavy (non-hydrogen) atoms. The number of hydrogen-bond donors (Lipinski definition) is 0. The molecule has 6 heteroatoms. The fourth-order valence-corrected chi connectivity index (χ4v) is 2.47. The van der Waals surface area contributed by atoms with Gasteiger partial charge in [-0.2, -0.15) is 0 Å². The van der Waals surface area contributed by atoms with E-state index in [2.05, 4.69) is 9.97 Å². The molecular weight excluding hydrogens is 234 g/mol. The number of rotatable bonds is 1. The van der Waals surface area contributed by atoms with Crippen molar-refractivity contribution in [1.29, 1.82) is 0 Å². The van der Waals surface area contributed by atoms with E-state index in [9.17, 15) is 4.79 Å². The number of hydrogen-bond acceptors (Lipinski definition) is 5. The Morgan fingerprint density at radius 1 is 1.33 bits per heavy atom. The maximum atomic E-state index is 12.3. The van der Waals surface area contributed by atoms with Crippen LogP contribution in [0.15, 0.2) is 18.6 Å². The van der Waals surface area contributed by atoms with Gasteiger partial charge in [0.25, 0.3) is 5.91 Å². The van der Waals surface area contributed by atoms with Gasteiger partial charge in [-0.3, -0.25) is 9.78 Å². The van der Waals surface area contributed by atoms with E-state index in [-0.39, 0.29) is 5.91 Å². The van der Waals surface area contributed by atoms with Crippen molar-refractivity contribution in [2.24, 2.45) is 0 Å². The lowest BCUT2D eigenvalue weighted by molar-refractivity contribution is -0.183. The molecule has 0 N–H and O–H groups in total. The first-order chi connectivity index (χ1) is 8.79. The van der Waals surface area contributed by atoms with Crippen molar-refractivity contribution >= 4 is 5.91 Å². The van der Waals surface area contributed by atoms with E-state index in [1.54, 1.807) is 11.1 Å². The molecule has 0 unspecified atom stereocenters. The second-order valence-corrected chi connectivity index (χ2v) is 4.53. The molecular formula is C12H15N3O3. The first kappa shape index (κ1) is 11.6. The summed E-state index contributed by atoms with van der Waals surface area (Å²) in [5, 5.41) is 0. The van der Waals surface area contributed by atoms with Crippen LogP contribution in [0.5, 0.6) is 0 Å². The average Bonchev–Trinajstić information content (AvgIpc) is 2.87. The van der Waals surface area contributed by atoms with E-state index >= 15 is 0 Å². The number of aromatic nitrogens is 2. The van der Waals surface area contributed by atoms with E-state index in [1.807, 2.05) is 0 Å². The van der Waals surface area contributed by atoms with Crippen LogP contribution in [0.4, 0.5) is 0 Å². The molecule has 96 valence electrons. The molecule has 6 nitrogen and oxygen atoms in total. The van der Waals surface area contributed by atoms with E-state index in [4.69, 9.17) is 9.47 Å². The Morgan fingerprint density at radius 3 is 2.89 bits per heavy atom. The number of ether oxygens (including phenoxy) is 2. The molecule has 0 saturated carbocycles. The third-order valence-corrected chi connectivity index (χ3v) is 3.30. The van der Waals surface area contributed by atoms with Crippen molar-refractivity contribution in [3.8, 4) is 0 Å². The molecule has 1 aromatic rings. The second-order valence-electron chi connectivity index (χ2n) is 4.53. The Balaban J connectivity index is 1.74. The summed E-state index contributed by atoms with van der Waals surface area (Å²) in [5.41, 5.74) is 0.368. The van der Waals surface area contributed by atoms with Crippen molar-refractivity contribution in [2.45, 2.75) is 18.6 Å². The van der Waals surface area contributed by atoms with Crippen LogP contribution in [0.25, 0.3) is 0 Å². The number of nitrogens with zero attached hydrogens (tertiary/aromatic N) is 3. The molecule has 0 atom stereocenters. The number of piperidine rings is 1. The van der Waals surface area contributed by atoms with Crippen LogP contribution in [0.2, 0.25) is 0 Å². The molecule has 1 spiro atoms. The summed E-state index contributed by atoms with van der Waals surface area (Å²) in [6.07, 6.45) is 6.29. The van der Waals surface area contributed by atoms with Gasteiger partial charge in [0.05, 0.1) is 26.0 Å². The predicted molar refractivity (Wildman–Crippen MR) is 61.8 cm³/mol. The van der Waals surface area contributed by atoms with Gasteiger partial charge in [-0.05, 0) is 6.42 Å². The first-order valence-electron chi connectivity index (χ1n) is 6.12. The third kappa shape index (κ3) is 2.09. The summed E-state index contributed by atoms with van der Waals surface area (Å²) >= 11 is 0. The maximum absolute atomic E-state index is 12.3. The normalized spacial score (nSPS) is 22.3. The zero-order valence-electron chi connectivity index (χ0n) is 10.0. The summed E-state index contributed by atoms with van der Waals surface area (Å²) in [4.78, 5) is 21.9. The van der Waals surface area contributed by atoms with Gasteiger partial charge in [0, 0.05) is 25.4 Å². The van der Waals surface area contributed by atoms with Gasteiger partial charge in [0.15, 0.2) is 5.79 Å². The minimum Gasteiger partial charge on any atom is -0.346 e. The number of likely N-dealkylation sites (tertiary alicyclic amines) is 1. The van der Waals surface area contributed by atoms with Crippen LogP contribution in [-0.4, -0.2) is 52.9 Å². The number of carbonyl (C=O) groups is 1. The summed E-state index contributed by atoms with van der Waals surface area (Å²) in [6.45, 7) is 2.40. The molecule has 1 aromatic heterocycles. The third-order valence-electron chi connectivity index (χ3n) is 3.30. The Morgan fingerprint density at radius 2 is 2.17 bits per heavy atom. The largest absolute Gasteiger partial charge is 0.346 e. The zero-order chi connectivity index (χ0) is 12.4. The molecule has 2 aliphatic heterocycles. The molecule has 0 aromatic carbocycles. The summed E-state index contributed by atoms with van der Waals surface area (Å²) in [5.74, 6) is -0.697. The van der Waals surface area contributed by atoms with Gasteiger partial charge >= 0.3 is 0 Å². The zero-order valence-corrected chi connectivity index (χ0v) is 10.0. The Bertz CT molecular complexity index is 431. The fourth-order valence-electron chi connectivity index (χ4n) is 2.47. The van der Waals surface area contributed by atoms with Crippen LogP contribution in [-0.2, 0) is 9.47 Å². The van der Waals surface area contributed by atoms with E-state index in [0.29, 0.717) is 32.0 Å². The fraction of sp³-hybridized carbons (Fsp3) is 0.583. The monoisotopic (exact) mass is 249 g/mol. The highest BCUT2D eigenvalue weighted by Crippen LogP contribution is 2.30. The van der Waals surface area contributed by atoms with Crippen LogP contribution in [0.1, 0.15) is 23.3 Å². The van der Waals surface area contributed by atoms with E-state index < -0.39 is 5.79 Å². The quantitative estimate of drug-likeness (QED) is 0.723. The molecule has 3 heterocycles. The maximum Gasteiger partial charge on any atom is 0.274 e. The van der Waals surface area contributed by atoms with Crippen LogP contribution in [0, 0.1) is 0 Å². The minimum atomic E-state index is -0.587. The Hall–Kier alpha value is -1.53. The highest BCUT2D eigenvalue weighted by atomic mass is 16.7. The number of carbonyl (C=O) groups excluding carboxylic acids is 1. The lowest BCUT2D eigenvalue weighted by Crippen LogP contribution is -2.51. The van der Waals surface area contributed by atoms with Crippen molar-refractivity contribution in [1.82, 2.24) is 14.9 Å². The highest BCUT2D eigenvalue weighted by Gasteiger charge is 2.42. The molecule has 2 aliphatic rings. The molecule has 2 saturated heterocycles. The van der Waals surface area contributed by atoms with E-state index in [1.165, 1.54) is 12.4 Å². The smallest absolute Gasteiger partial charge is 0.274 e. The van der Waals surface area contributed by atoms with Crippen LogP contribution >= 0.6 is 0 Å². The van der Waals surface area contributed by atoms with Crippen LogP contribution in [0.3, 0.4) is 0 Å². The van der Waals surface area contributed by atoms with Gasteiger partial charge in [-0.25, -0.2) is 4.98 Å². The molecule has 0 bridgehead atoms. The van der Waals surface area contributed by atoms with Gasteiger partial charge in [0.2, 0.25) is 0 Å². The summed E-state index contributed by atoms with van der Waals surface area (Å²) in [7, 11) is 0. The Kier molecular flexibility index (Phi) is 2.97. The van der Waals surface area contributed by atoms with Crippen molar-refractivity contribution in [2.75, 3.05) is 26.3 Å². The van der Waals surface area contributed by atoms with Gasteiger partial charge in [-0.1, -0.05) is 0 Å². The summed E-state index contributed by atoms with van der Waals surface area (Å²) in [6, 6.07) is 0. The molecule has 0 aliphatic carbocycles. The van der Waals surface area contributed by atoms with Crippen molar-refractivity contribution < 1.29 is 14.3 Å². The van der Waals surface area contributed by atoms with Gasteiger partial charge in [0.1, 0.15) is 5.69 Å². The molecule has 1 amide bonds. The number of amides is 1. The van der Waals surface area contributed by atoms with Crippen molar-refractivity contribution in [3.05, 3.63) is 24.3 Å². The summed E-state index contributed by atoms with van der Waals surface area (Å²) < 4.78 is 11.3. The topological polar surface area (TPSA) is 64.6 Å². The average molecular weight is 249 g/mol. The van der Waals surface area contributed by atoms with E-state index in [0.717, 1.165) is 12.8 Å². The van der Waals surface area contributed by atoms with Gasteiger partial charge in [-0.15, -0.1) is 0 Å². The lowest BCUT2D eigenvalue weighted by Gasteiger charge is -2.38. The molecule has 3 rings (SSSR count). The first-order valence-corrected chi connectivity index (χ1v) is 6.12. The van der Waals surface area contributed by atoms with Crippen molar-refractivity contribution in [3.63, 3.8) is 0 Å². The molecule has 0 radical (unpaired) electrons. The second kappa shape index (κ2) is 4.62. The van der Waals surface area contributed by atoms with Crippen LogP contribution < -0.4 is 0 Å². The van der Waals surface area contributed by atoms with Gasteiger partial charge < -0.3 is 14.4 Å².